The fourth-order valence-corrected chi connectivity index (χ4v) is 2.86. The molecule has 3 heteroatoms. The SMILES string of the molecule is ClCC1(Cc2cc(Cl)ccc2Cl)CCC1. The van der Waals surface area contributed by atoms with E-state index in [0.29, 0.717) is 0 Å². The lowest BCUT2D eigenvalue weighted by atomic mass is 9.67. The number of hydrogen-bond acceptors (Lipinski definition) is 0. The monoisotopic (exact) mass is 262 g/mol. The zero-order chi connectivity index (χ0) is 10.9. The molecule has 0 nitrogen and oxygen atoms in total. The molecule has 15 heavy (non-hydrogen) atoms. The standard InChI is InChI=1S/C12H13Cl3/c13-8-12(4-1-5-12)7-9-6-10(14)2-3-11(9)15/h2-3,6H,1,4-5,7-8H2. The summed E-state index contributed by atoms with van der Waals surface area (Å²) in [4.78, 5) is 0. The van der Waals surface area contributed by atoms with E-state index in [-0.39, 0.29) is 5.41 Å². The fraction of sp³-hybridized carbons (Fsp3) is 0.500. The maximum Gasteiger partial charge on any atom is 0.0439 e. The molecule has 0 spiro atoms. The van der Waals surface area contributed by atoms with Crippen LogP contribution in [0.5, 0.6) is 0 Å². The fourth-order valence-electron chi connectivity index (χ4n) is 2.12. The predicted molar refractivity (Wildman–Crippen MR) is 67.2 cm³/mol. The van der Waals surface area contributed by atoms with Gasteiger partial charge in [-0.25, -0.2) is 0 Å². The number of benzene rings is 1. The van der Waals surface area contributed by atoms with Crippen molar-refractivity contribution in [2.75, 3.05) is 5.88 Å². The van der Waals surface area contributed by atoms with Crippen molar-refractivity contribution in [3.8, 4) is 0 Å². The normalized spacial score (nSPS) is 18.6. The molecule has 82 valence electrons. The summed E-state index contributed by atoms with van der Waals surface area (Å²) < 4.78 is 0. The molecule has 2 rings (SSSR count). The van der Waals surface area contributed by atoms with Gasteiger partial charge in [0.2, 0.25) is 0 Å². The smallest absolute Gasteiger partial charge is 0.0439 e. The molecular formula is C12H13Cl3. The second kappa shape index (κ2) is 4.53. The quantitative estimate of drug-likeness (QED) is 0.677. The van der Waals surface area contributed by atoms with Crippen LogP contribution < -0.4 is 0 Å². The van der Waals surface area contributed by atoms with Crippen molar-refractivity contribution < 1.29 is 0 Å². The van der Waals surface area contributed by atoms with Gasteiger partial charge < -0.3 is 0 Å². The minimum absolute atomic E-state index is 0.274. The molecule has 1 saturated carbocycles. The Kier molecular flexibility index (Phi) is 3.49. The van der Waals surface area contributed by atoms with Crippen LogP contribution >= 0.6 is 34.8 Å². The van der Waals surface area contributed by atoms with Crippen molar-refractivity contribution in [3.63, 3.8) is 0 Å². The van der Waals surface area contributed by atoms with E-state index in [1.54, 1.807) is 0 Å². The lowest BCUT2D eigenvalue weighted by molar-refractivity contribution is 0.166. The van der Waals surface area contributed by atoms with E-state index in [1.165, 1.54) is 19.3 Å². The minimum atomic E-state index is 0.274. The third kappa shape index (κ3) is 2.43. The molecular weight excluding hydrogens is 250 g/mol. The highest BCUT2D eigenvalue weighted by Gasteiger charge is 2.36. The van der Waals surface area contributed by atoms with Crippen LogP contribution in [0.25, 0.3) is 0 Å². The molecule has 0 aromatic heterocycles. The molecule has 0 unspecified atom stereocenters. The van der Waals surface area contributed by atoms with Crippen molar-refractivity contribution in [1.29, 1.82) is 0 Å². The molecule has 0 atom stereocenters. The van der Waals surface area contributed by atoms with Crippen molar-refractivity contribution in [3.05, 3.63) is 33.8 Å². The first-order valence-corrected chi connectivity index (χ1v) is 6.44. The van der Waals surface area contributed by atoms with E-state index in [0.717, 1.165) is 27.9 Å². The van der Waals surface area contributed by atoms with Gasteiger partial charge in [-0.05, 0) is 48.4 Å². The largest absolute Gasteiger partial charge is 0.126 e. The second-order valence-electron chi connectivity index (χ2n) is 4.40. The second-order valence-corrected chi connectivity index (χ2v) is 5.51. The van der Waals surface area contributed by atoms with E-state index in [9.17, 15) is 0 Å². The third-order valence-electron chi connectivity index (χ3n) is 3.27. The number of hydrogen-bond donors (Lipinski definition) is 0. The molecule has 0 N–H and O–H groups in total. The third-order valence-corrected chi connectivity index (χ3v) is 4.44. The van der Waals surface area contributed by atoms with E-state index in [4.69, 9.17) is 34.8 Å². The highest BCUT2D eigenvalue weighted by atomic mass is 35.5. The van der Waals surface area contributed by atoms with Gasteiger partial charge in [0, 0.05) is 15.9 Å². The Labute approximate surface area is 106 Å². The summed E-state index contributed by atoms with van der Waals surface area (Å²) in [6, 6.07) is 5.64. The number of halogens is 3. The Morgan fingerprint density at radius 1 is 1.20 bits per heavy atom. The Balaban J connectivity index is 2.19. The van der Waals surface area contributed by atoms with Gasteiger partial charge in [0.15, 0.2) is 0 Å². The summed E-state index contributed by atoms with van der Waals surface area (Å²) >= 11 is 18.1. The van der Waals surface area contributed by atoms with E-state index >= 15 is 0 Å². The first kappa shape index (κ1) is 11.6. The summed E-state index contributed by atoms with van der Waals surface area (Å²) in [5.74, 6) is 0.718. The molecule has 1 aliphatic rings. The van der Waals surface area contributed by atoms with Gasteiger partial charge in [0.25, 0.3) is 0 Å². The molecule has 0 radical (unpaired) electrons. The van der Waals surface area contributed by atoms with E-state index in [1.807, 2.05) is 18.2 Å². The lowest BCUT2D eigenvalue weighted by Crippen LogP contribution is -2.33. The van der Waals surface area contributed by atoms with Crippen molar-refractivity contribution in [2.45, 2.75) is 25.7 Å². The summed E-state index contributed by atoms with van der Waals surface area (Å²) in [5, 5.41) is 1.55. The van der Waals surface area contributed by atoms with Crippen LogP contribution in [0.2, 0.25) is 10.0 Å². The Bertz CT molecular complexity index is 350. The summed E-state index contributed by atoms with van der Waals surface area (Å²) in [7, 11) is 0. The first-order valence-electron chi connectivity index (χ1n) is 5.15. The van der Waals surface area contributed by atoms with Gasteiger partial charge in [-0.2, -0.15) is 0 Å². The van der Waals surface area contributed by atoms with Gasteiger partial charge in [0.05, 0.1) is 0 Å². The van der Waals surface area contributed by atoms with Crippen molar-refractivity contribution in [2.24, 2.45) is 5.41 Å². The van der Waals surface area contributed by atoms with Crippen LogP contribution in [0.3, 0.4) is 0 Å². The van der Waals surface area contributed by atoms with Crippen molar-refractivity contribution in [1.82, 2.24) is 0 Å². The number of rotatable bonds is 3. The molecule has 1 aromatic carbocycles. The zero-order valence-corrected chi connectivity index (χ0v) is 10.7. The number of alkyl halides is 1. The average Bonchev–Trinajstić information content (AvgIpc) is 2.17. The predicted octanol–water partition coefficient (Wildman–Crippen LogP) is 4.95. The van der Waals surface area contributed by atoms with Crippen LogP contribution in [-0.4, -0.2) is 5.88 Å². The van der Waals surface area contributed by atoms with Gasteiger partial charge in [0.1, 0.15) is 0 Å². The molecule has 1 fully saturated rings. The maximum atomic E-state index is 6.14. The van der Waals surface area contributed by atoms with E-state index in [2.05, 4.69) is 0 Å². The Morgan fingerprint density at radius 3 is 2.47 bits per heavy atom. The highest BCUT2D eigenvalue weighted by Crippen LogP contribution is 2.45. The highest BCUT2D eigenvalue weighted by molar-refractivity contribution is 6.33. The van der Waals surface area contributed by atoms with Crippen LogP contribution in [0, 0.1) is 5.41 Å². The van der Waals surface area contributed by atoms with Crippen LogP contribution in [0.15, 0.2) is 18.2 Å². The summed E-state index contributed by atoms with van der Waals surface area (Å²) in [5.41, 5.74) is 1.40. The van der Waals surface area contributed by atoms with Crippen molar-refractivity contribution >= 4 is 34.8 Å². The Hall–Kier alpha value is 0.0900. The molecule has 0 saturated heterocycles. The minimum Gasteiger partial charge on any atom is -0.126 e. The van der Waals surface area contributed by atoms with Gasteiger partial charge in [-0.15, -0.1) is 11.6 Å². The first-order chi connectivity index (χ1) is 7.15. The van der Waals surface area contributed by atoms with Gasteiger partial charge in [-0.1, -0.05) is 29.6 Å². The topological polar surface area (TPSA) is 0 Å². The molecule has 1 aliphatic carbocycles. The maximum absolute atomic E-state index is 6.14. The lowest BCUT2D eigenvalue weighted by Gasteiger charge is -2.40. The van der Waals surface area contributed by atoms with Gasteiger partial charge in [-0.3, -0.25) is 0 Å². The molecule has 0 amide bonds. The van der Waals surface area contributed by atoms with Crippen LogP contribution in [-0.2, 0) is 6.42 Å². The van der Waals surface area contributed by atoms with Crippen LogP contribution in [0.1, 0.15) is 24.8 Å². The zero-order valence-electron chi connectivity index (χ0n) is 8.40. The molecule has 0 bridgehead atoms. The van der Waals surface area contributed by atoms with Crippen LogP contribution in [0.4, 0.5) is 0 Å². The average molecular weight is 264 g/mol. The summed E-state index contributed by atoms with van der Waals surface area (Å²) in [6.45, 7) is 0. The Morgan fingerprint density at radius 2 is 1.93 bits per heavy atom. The summed E-state index contributed by atoms with van der Waals surface area (Å²) in [6.07, 6.45) is 4.65. The molecule has 0 aliphatic heterocycles. The molecule has 0 heterocycles. The van der Waals surface area contributed by atoms with E-state index < -0.39 is 0 Å². The molecule has 1 aromatic rings. The van der Waals surface area contributed by atoms with Gasteiger partial charge >= 0.3 is 0 Å².